The molecule has 0 fully saturated rings. The zero-order valence-corrected chi connectivity index (χ0v) is 7.49. The molecule has 5 nitrogen and oxygen atoms in total. The van der Waals surface area contributed by atoms with E-state index in [0.717, 1.165) is 0 Å². The quantitative estimate of drug-likeness (QED) is 0.631. The molecule has 0 amide bonds. The smallest absolute Gasteiger partial charge is 0.303 e. The fraction of sp³-hybridized carbons (Fsp3) is 0.625. The SMILES string of the molecule is CC#N.O=C(O)CCCCC(=O)O. The molecular weight excluding hydrogens is 174 g/mol. The van der Waals surface area contributed by atoms with Crippen molar-refractivity contribution in [2.45, 2.75) is 32.6 Å². The van der Waals surface area contributed by atoms with E-state index < -0.39 is 11.9 Å². The number of nitrogens with zero attached hydrogens (tertiary/aromatic N) is 1. The van der Waals surface area contributed by atoms with Crippen LogP contribution in [0.1, 0.15) is 32.6 Å². The van der Waals surface area contributed by atoms with Crippen molar-refractivity contribution >= 4 is 11.9 Å². The van der Waals surface area contributed by atoms with Crippen LogP contribution in [-0.4, -0.2) is 22.2 Å². The fourth-order valence-corrected chi connectivity index (χ4v) is 0.552. The van der Waals surface area contributed by atoms with Crippen molar-refractivity contribution in [3.05, 3.63) is 0 Å². The molecule has 0 aliphatic rings. The Hall–Kier alpha value is -1.57. The maximum Gasteiger partial charge on any atom is 0.303 e. The summed E-state index contributed by atoms with van der Waals surface area (Å²) in [6.07, 6.45) is 1.02. The number of carboxylic acid groups (broad SMARTS) is 2. The molecule has 0 aromatic heterocycles. The summed E-state index contributed by atoms with van der Waals surface area (Å²) >= 11 is 0. The third kappa shape index (κ3) is 25.1. The molecular formula is C8H13NO4. The Bertz CT molecular complexity index is 179. The van der Waals surface area contributed by atoms with Gasteiger partial charge in [0, 0.05) is 19.8 Å². The molecule has 0 atom stereocenters. The number of rotatable bonds is 5. The van der Waals surface area contributed by atoms with E-state index in [2.05, 4.69) is 0 Å². The van der Waals surface area contributed by atoms with Crippen LogP contribution in [-0.2, 0) is 9.59 Å². The van der Waals surface area contributed by atoms with Crippen LogP contribution in [0.2, 0.25) is 0 Å². The second kappa shape index (κ2) is 10.4. The summed E-state index contributed by atoms with van der Waals surface area (Å²) in [7, 11) is 0. The van der Waals surface area contributed by atoms with Crippen molar-refractivity contribution in [3.63, 3.8) is 0 Å². The molecule has 2 N–H and O–H groups in total. The molecule has 74 valence electrons. The van der Waals surface area contributed by atoms with Crippen molar-refractivity contribution in [1.82, 2.24) is 0 Å². The van der Waals surface area contributed by atoms with Crippen molar-refractivity contribution in [2.24, 2.45) is 0 Å². The molecule has 0 saturated heterocycles. The van der Waals surface area contributed by atoms with Gasteiger partial charge in [-0.1, -0.05) is 0 Å². The number of carbonyl (C=O) groups is 2. The summed E-state index contributed by atoms with van der Waals surface area (Å²) in [5, 5.41) is 23.6. The average molecular weight is 187 g/mol. The Morgan fingerprint density at radius 3 is 1.54 bits per heavy atom. The van der Waals surface area contributed by atoms with E-state index in [0.29, 0.717) is 12.8 Å². The zero-order chi connectivity index (χ0) is 10.7. The largest absolute Gasteiger partial charge is 0.481 e. The normalized spacial score (nSPS) is 7.69. The minimum Gasteiger partial charge on any atom is -0.481 e. The van der Waals surface area contributed by atoms with Gasteiger partial charge < -0.3 is 10.2 Å². The van der Waals surface area contributed by atoms with Gasteiger partial charge in [0.1, 0.15) is 0 Å². The van der Waals surface area contributed by atoms with Crippen LogP contribution in [0.4, 0.5) is 0 Å². The lowest BCUT2D eigenvalue weighted by Crippen LogP contribution is -1.97. The second-order valence-corrected chi connectivity index (χ2v) is 2.22. The van der Waals surface area contributed by atoms with E-state index in [1.807, 2.05) is 0 Å². The summed E-state index contributed by atoms with van der Waals surface area (Å²) < 4.78 is 0. The molecule has 0 radical (unpaired) electrons. The summed E-state index contributed by atoms with van der Waals surface area (Å²) in [6.45, 7) is 1.43. The lowest BCUT2D eigenvalue weighted by Gasteiger charge is -1.92. The van der Waals surface area contributed by atoms with E-state index in [1.54, 1.807) is 6.07 Å². The predicted molar refractivity (Wildman–Crippen MR) is 45.0 cm³/mol. The molecule has 13 heavy (non-hydrogen) atoms. The van der Waals surface area contributed by atoms with Crippen molar-refractivity contribution in [2.75, 3.05) is 0 Å². The molecule has 0 aliphatic heterocycles. The second-order valence-electron chi connectivity index (χ2n) is 2.22. The number of nitriles is 1. The number of hydrogen-bond acceptors (Lipinski definition) is 3. The van der Waals surface area contributed by atoms with Crippen LogP contribution in [0.3, 0.4) is 0 Å². The molecule has 0 heterocycles. The molecule has 5 heteroatoms. The molecule has 0 bridgehead atoms. The van der Waals surface area contributed by atoms with Gasteiger partial charge in [-0.15, -0.1) is 0 Å². The number of hydrogen-bond donors (Lipinski definition) is 2. The van der Waals surface area contributed by atoms with Gasteiger partial charge in [-0.25, -0.2) is 0 Å². The highest BCUT2D eigenvalue weighted by molar-refractivity contribution is 5.67. The van der Waals surface area contributed by atoms with E-state index in [-0.39, 0.29) is 12.8 Å². The third-order valence-corrected chi connectivity index (χ3v) is 1.03. The zero-order valence-electron chi connectivity index (χ0n) is 7.49. The van der Waals surface area contributed by atoms with E-state index in [9.17, 15) is 9.59 Å². The van der Waals surface area contributed by atoms with Gasteiger partial charge in [-0.05, 0) is 12.8 Å². The number of carboxylic acids is 2. The topological polar surface area (TPSA) is 98.4 Å². The lowest BCUT2D eigenvalue weighted by molar-refractivity contribution is -0.139. The average Bonchev–Trinajstić information content (AvgIpc) is 1.99. The van der Waals surface area contributed by atoms with Crippen molar-refractivity contribution in [1.29, 1.82) is 5.26 Å². The summed E-state index contributed by atoms with van der Waals surface area (Å²) in [5.41, 5.74) is 0. The van der Waals surface area contributed by atoms with Gasteiger partial charge in [0.15, 0.2) is 0 Å². The van der Waals surface area contributed by atoms with Gasteiger partial charge in [0.2, 0.25) is 0 Å². The van der Waals surface area contributed by atoms with Gasteiger partial charge >= 0.3 is 11.9 Å². The molecule has 0 saturated carbocycles. The Morgan fingerprint density at radius 1 is 1.15 bits per heavy atom. The summed E-state index contributed by atoms with van der Waals surface area (Å²) in [5.74, 6) is -1.74. The Labute approximate surface area is 76.6 Å². The molecule has 0 unspecified atom stereocenters. The summed E-state index contributed by atoms with van der Waals surface area (Å²) in [6, 6.07) is 1.75. The van der Waals surface area contributed by atoms with Crippen LogP contribution < -0.4 is 0 Å². The number of aliphatic carboxylic acids is 2. The minimum atomic E-state index is -0.870. The molecule has 0 aromatic carbocycles. The number of unbranched alkanes of at least 4 members (excludes halogenated alkanes) is 1. The third-order valence-electron chi connectivity index (χ3n) is 1.03. The maximum atomic E-state index is 9.90. The van der Waals surface area contributed by atoms with Crippen molar-refractivity contribution < 1.29 is 19.8 Å². The highest BCUT2D eigenvalue weighted by Crippen LogP contribution is 1.98. The van der Waals surface area contributed by atoms with Crippen LogP contribution in [0, 0.1) is 11.3 Å². The highest BCUT2D eigenvalue weighted by atomic mass is 16.4. The fourth-order valence-electron chi connectivity index (χ4n) is 0.552. The molecule has 0 aromatic rings. The van der Waals surface area contributed by atoms with E-state index in [4.69, 9.17) is 15.5 Å². The van der Waals surface area contributed by atoms with E-state index >= 15 is 0 Å². The maximum absolute atomic E-state index is 9.90. The first-order valence-corrected chi connectivity index (χ1v) is 3.79. The monoisotopic (exact) mass is 187 g/mol. The molecule has 0 spiro atoms. The predicted octanol–water partition coefficient (Wildman–Crippen LogP) is 1.25. The van der Waals surface area contributed by atoms with Crippen LogP contribution in [0.25, 0.3) is 0 Å². The van der Waals surface area contributed by atoms with Crippen LogP contribution in [0.15, 0.2) is 0 Å². The highest BCUT2D eigenvalue weighted by Gasteiger charge is 1.99. The first-order chi connectivity index (χ1) is 6.04. The standard InChI is InChI=1S/C6H10O4.C2H3N/c7-5(8)3-1-2-4-6(9)10;1-2-3/h1-4H2,(H,7,8)(H,9,10);1H3. The van der Waals surface area contributed by atoms with Crippen molar-refractivity contribution in [3.8, 4) is 6.07 Å². The van der Waals surface area contributed by atoms with Crippen LogP contribution >= 0.6 is 0 Å². The summed E-state index contributed by atoms with van der Waals surface area (Å²) in [4.78, 5) is 19.8. The van der Waals surface area contributed by atoms with Gasteiger partial charge in [0.25, 0.3) is 0 Å². The van der Waals surface area contributed by atoms with E-state index in [1.165, 1.54) is 6.92 Å². The Balaban J connectivity index is 0. The molecule has 0 aliphatic carbocycles. The van der Waals surface area contributed by atoms with Gasteiger partial charge in [-0.3, -0.25) is 9.59 Å². The first kappa shape index (κ1) is 14.0. The lowest BCUT2D eigenvalue weighted by atomic mass is 10.2. The Morgan fingerprint density at radius 2 is 1.38 bits per heavy atom. The minimum absolute atomic E-state index is 0.0628. The van der Waals surface area contributed by atoms with Crippen LogP contribution in [0.5, 0.6) is 0 Å². The Kier molecular flexibility index (Phi) is 11.2. The molecule has 0 rings (SSSR count). The van der Waals surface area contributed by atoms with Gasteiger partial charge in [0.05, 0.1) is 6.07 Å². The van der Waals surface area contributed by atoms with Gasteiger partial charge in [-0.2, -0.15) is 5.26 Å². The first-order valence-electron chi connectivity index (χ1n) is 3.79.